The van der Waals surface area contributed by atoms with Crippen LogP contribution in [-0.4, -0.2) is 19.7 Å². The predicted molar refractivity (Wildman–Crippen MR) is 70.5 cm³/mol. The molecule has 0 fully saturated rings. The number of rotatable bonds is 5. The second-order valence-electron chi connectivity index (χ2n) is 3.73. The van der Waals surface area contributed by atoms with Gasteiger partial charge < -0.3 is 14.2 Å². The first-order valence-electron chi connectivity index (χ1n) is 5.81. The maximum Gasteiger partial charge on any atom is 0.343 e. The highest BCUT2D eigenvalue weighted by atomic mass is 16.6. The van der Waals surface area contributed by atoms with Gasteiger partial charge in [0, 0.05) is 0 Å². The van der Waals surface area contributed by atoms with Gasteiger partial charge in [-0.3, -0.25) is 0 Å². The van der Waals surface area contributed by atoms with Crippen molar-refractivity contribution in [2.24, 2.45) is 0 Å². The van der Waals surface area contributed by atoms with E-state index in [0.29, 0.717) is 17.2 Å². The molecule has 0 atom stereocenters. The molecule has 0 saturated heterocycles. The van der Waals surface area contributed by atoms with Gasteiger partial charge in [0.1, 0.15) is 5.75 Å². The van der Waals surface area contributed by atoms with Gasteiger partial charge in [-0.2, -0.15) is 0 Å². The lowest BCUT2D eigenvalue weighted by Gasteiger charge is -2.11. The fourth-order valence-electron chi connectivity index (χ4n) is 1.46. The van der Waals surface area contributed by atoms with Gasteiger partial charge in [-0.15, -0.1) is 0 Å². The van der Waals surface area contributed by atoms with Gasteiger partial charge in [0.05, 0.1) is 7.11 Å². The van der Waals surface area contributed by atoms with Gasteiger partial charge in [0.2, 0.25) is 0 Å². The van der Waals surface area contributed by atoms with Gasteiger partial charge in [-0.1, -0.05) is 30.3 Å². The molecule has 0 spiro atoms. The Labute approximate surface area is 111 Å². The molecule has 0 aliphatic carbocycles. The molecule has 98 valence electrons. The van der Waals surface area contributed by atoms with Crippen LogP contribution in [0.3, 0.4) is 0 Å². The molecule has 0 bridgehead atoms. The third-order valence-corrected chi connectivity index (χ3v) is 2.39. The molecular weight excluding hydrogens is 244 g/mol. The van der Waals surface area contributed by atoms with Crippen molar-refractivity contribution < 1.29 is 19.0 Å². The maximum absolute atomic E-state index is 11.1. The molecule has 0 aliphatic heterocycles. The van der Waals surface area contributed by atoms with Crippen molar-refractivity contribution in [3.8, 4) is 17.2 Å². The van der Waals surface area contributed by atoms with Gasteiger partial charge >= 0.3 is 5.97 Å². The summed E-state index contributed by atoms with van der Waals surface area (Å²) < 4.78 is 15.6. The van der Waals surface area contributed by atoms with Crippen LogP contribution in [0.2, 0.25) is 0 Å². The van der Waals surface area contributed by atoms with Crippen LogP contribution < -0.4 is 9.47 Å². The SMILES string of the molecule is COC(=O)COc1ccccc1Oc1ccccc1. The number of carbonyl (C=O) groups excluding carboxylic acids is 1. The molecule has 4 heteroatoms. The van der Waals surface area contributed by atoms with Gasteiger partial charge in [-0.05, 0) is 24.3 Å². The van der Waals surface area contributed by atoms with E-state index in [0.717, 1.165) is 0 Å². The standard InChI is InChI=1S/C15H14O4/c1-17-15(16)11-18-13-9-5-6-10-14(13)19-12-7-3-2-4-8-12/h2-10H,11H2,1H3. The predicted octanol–water partition coefficient (Wildman–Crippen LogP) is 3.03. The third kappa shape index (κ3) is 3.74. The van der Waals surface area contributed by atoms with Crippen molar-refractivity contribution in [1.82, 2.24) is 0 Å². The number of esters is 1. The van der Waals surface area contributed by atoms with E-state index >= 15 is 0 Å². The minimum atomic E-state index is -0.436. The summed E-state index contributed by atoms with van der Waals surface area (Å²) in [7, 11) is 1.32. The second kappa shape index (κ2) is 6.44. The Morgan fingerprint density at radius 3 is 2.26 bits per heavy atom. The van der Waals surface area contributed by atoms with Crippen LogP contribution in [0.25, 0.3) is 0 Å². The average Bonchev–Trinajstić information content (AvgIpc) is 2.47. The number of hydrogen-bond acceptors (Lipinski definition) is 4. The van der Waals surface area contributed by atoms with Crippen molar-refractivity contribution in [2.45, 2.75) is 0 Å². The molecule has 19 heavy (non-hydrogen) atoms. The van der Waals surface area contributed by atoms with E-state index in [1.165, 1.54) is 7.11 Å². The largest absolute Gasteiger partial charge is 0.478 e. The lowest BCUT2D eigenvalue weighted by atomic mass is 10.3. The average molecular weight is 258 g/mol. The van der Waals surface area contributed by atoms with E-state index in [4.69, 9.17) is 9.47 Å². The molecule has 0 saturated carbocycles. The maximum atomic E-state index is 11.1. The molecule has 0 unspecified atom stereocenters. The van der Waals surface area contributed by atoms with Crippen LogP contribution in [0, 0.1) is 0 Å². The van der Waals surface area contributed by atoms with Gasteiger partial charge in [0.25, 0.3) is 0 Å². The summed E-state index contributed by atoms with van der Waals surface area (Å²) in [5.41, 5.74) is 0. The monoisotopic (exact) mass is 258 g/mol. The quantitative estimate of drug-likeness (QED) is 0.773. The molecule has 0 aliphatic rings. The number of benzene rings is 2. The van der Waals surface area contributed by atoms with E-state index < -0.39 is 5.97 Å². The minimum Gasteiger partial charge on any atom is -0.478 e. The van der Waals surface area contributed by atoms with Crippen LogP contribution in [0.15, 0.2) is 54.6 Å². The van der Waals surface area contributed by atoms with Crippen LogP contribution in [-0.2, 0) is 9.53 Å². The lowest BCUT2D eigenvalue weighted by molar-refractivity contribution is -0.142. The summed E-state index contributed by atoms with van der Waals surface area (Å²) in [5.74, 6) is 1.32. The summed E-state index contributed by atoms with van der Waals surface area (Å²) in [6, 6.07) is 16.5. The lowest BCUT2D eigenvalue weighted by Crippen LogP contribution is -2.12. The molecular formula is C15H14O4. The smallest absolute Gasteiger partial charge is 0.343 e. The summed E-state index contributed by atoms with van der Waals surface area (Å²) in [6.07, 6.45) is 0. The Morgan fingerprint density at radius 2 is 1.58 bits per heavy atom. The molecule has 0 heterocycles. The van der Waals surface area contributed by atoms with Crippen molar-refractivity contribution in [3.05, 3.63) is 54.6 Å². The molecule has 2 rings (SSSR count). The Bertz CT molecular complexity index is 537. The number of carbonyl (C=O) groups is 1. The van der Waals surface area contributed by atoms with E-state index in [1.54, 1.807) is 12.1 Å². The number of hydrogen-bond donors (Lipinski definition) is 0. The second-order valence-corrected chi connectivity index (χ2v) is 3.73. The fourth-order valence-corrected chi connectivity index (χ4v) is 1.46. The first kappa shape index (κ1) is 13.0. The van der Waals surface area contributed by atoms with Crippen LogP contribution in [0.4, 0.5) is 0 Å². The normalized spacial score (nSPS) is 9.74. The number of para-hydroxylation sites is 3. The first-order valence-corrected chi connectivity index (χ1v) is 5.81. The van der Waals surface area contributed by atoms with Crippen molar-refractivity contribution in [3.63, 3.8) is 0 Å². The summed E-state index contributed by atoms with van der Waals surface area (Å²) in [5, 5.41) is 0. The van der Waals surface area contributed by atoms with Crippen molar-refractivity contribution in [1.29, 1.82) is 0 Å². The minimum absolute atomic E-state index is 0.147. The summed E-state index contributed by atoms with van der Waals surface area (Å²) in [4.78, 5) is 11.1. The highest BCUT2D eigenvalue weighted by Gasteiger charge is 2.08. The Hall–Kier alpha value is -2.49. The van der Waals surface area contributed by atoms with Gasteiger partial charge in [0.15, 0.2) is 18.1 Å². The first-order chi connectivity index (χ1) is 9.29. The van der Waals surface area contributed by atoms with E-state index in [9.17, 15) is 4.79 Å². The van der Waals surface area contributed by atoms with E-state index in [2.05, 4.69) is 4.74 Å². The Balaban J connectivity index is 2.10. The summed E-state index contributed by atoms with van der Waals surface area (Å²) in [6.45, 7) is -0.147. The van der Waals surface area contributed by atoms with E-state index in [1.807, 2.05) is 42.5 Å². The molecule has 4 nitrogen and oxygen atoms in total. The van der Waals surface area contributed by atoms with Crippen molar-refractivity contribution >= 4 is 5.97 Å². The highest BCUT2D eigenvalue weighted by molar-refractivity contribution is 5.71. The topological polar surface area (TPSA) is 44.8 Å². The zero-order chi connectivity index (χ0) is 13.5. The van der Waals surface area contributed by atoms with Crippen LogP contribution in [0.5, 0.6) is 17.2 Å². The van der Waals surface area contributed by atoms with Gasteiger partial charge in [-0.25, -0.2) is 4.79 Å². The Kier molecular flexibility index (Phi) is 4.39. The highest BCUT2D eigenvalue weighted by Crippen LogP contribution is 2.30. The molecule has 0 aromatic heterocycles. The number of methoxy groups -OCH3 is 1. The van der Waals surface area contributed by atoms with Crippen molar-refractivity contribution in [2.75, 3.05) is 13.7 Å². The molecule has 2 aromatic carbocycles. The fraction of sp³-hybridized carbons (Fsp3) is 0.133. The zero-order valence-corrected chi connectivity index (χ0v) is 10.5. The molecule has 2 aromatic rings. The molecule has 0 amide bonds. The van der Waals surface area contributed by atoms with Crippen LogP contribution >= 0.6 is 0 Å². The molecule has 0 N–H and O–H groups in total. The Morgan fingerprint density at radius 1 is 0.947 bits per heavy atom. The number of ether oxygens (including phenoxy) is 3. The zero-order valence-electron chi connectivity index (χ0n) is 10.5. The molecule has 0 radical (unpaired) electrons. The van der Waals surface area contributed by atoms with E-state index in [-0.39, 0.29) is 6.61 Å². The van der Waals surface area contributed by atoms with Crippen LogP contribution in [0.1, 0.15) is 0 Å². The third-order valence-electron chi connectivity index (χ3n) is 2.39. The summed E-state index contributed by atoms with van der Waals surface area (Å²) >= 11 is 0.